The summed E-state index contributed by atoms with van der Waals surface area (Å²) in [5, 5.41) is 0. The van der Waals surface area contributed by atoms with Gasteiger partial charge in [0.05, 0.1) is 17.6 Å². The number of rotatable bonds is 3. The molecule has 0 aliphatic heterocycles. The molecule has 5 N–H and O–H groups in total. The first kappa shape index (κ1) is 20.7. The topological polar surface area (TPSA) is 155 Å². The molecule has 9 nitrogen and oxygen atoms in total. The molecule has 3 aromatic heterocycles. The van der Waals surface area contributed by atoms with Crippen molar-refractivity contribution in [3.63, 3.8) is 0 Å². The highest BCUT2D eigenvalue weighted by molar-refractivity contribution is 7.85. The van der Waals surface area contributed by atoms with Gasteiger partial charge in [0.2, 0.25) is 0 Å². The molecule has 3 heterocycles. The third-order valence-electron chi connectivity index (χ3n) is 3.26. The van der Waals surface area contributed by atoms with Gasteiger partial charge in [-0.1, -0.05) is 13.8 Å². The highest BCUT2D eigenvalue weighted by Crippen LogP contribution is 2.25. The van der Waals surface area contributed by atoms with Gasteiger partial charge in [-0.25, -0.2) is 9.97 Å². The normalized spacial score (nSPS) is 11.2. The summed E-state index contributed by atoms with van der Waals surface area (Å²) in [6.07, 6.45) is 3.59. The Bertz CT molecular complexity index is 953. The summed E-state index contributed by atoms with van der Waals surface area (Å²) < 4.78 is 29.0. The van der Waals surface area contributed by atoms with Crippen molar-refractivity contribution in [3.05, 3.63) is 24.7 Å². The van der Waals surface area contributed by atoms with Crippen LogP contribution in [0.3, 0.4) is 0 Å². The minimum Gasteiger partial charge on any atom is -0.412 e. The standard InChI is InChI=1S/C13H15N5.C2H6O3S.H2O/c1-8(2)6-18-7-16-11-12(18)10-9(17-13(11)14)4-3-5-15-10;1-2-6(3,4)5;/h3-5,7-8H,6H2,1-2H3,(H2,14,17);2H2,1H3,(H,3,4,5);1H2. The van der Waals surface area contributed by atoms with Gasteiger partial charge in [-0.2, -0.15) is 8.42 Å². The Hall–Kier alpha value is -2.30. The van der Waals surface area contributed by atoms with Gasteiger partial charge in [-0.15, -0.1) is 0 Å². The van der Waals surface area contributed by atoms with Gasteiger partial charge < -0.3 is 15.8 Å². The van der Waals surface area contributed by atoms with Gasteiger partial charge >= 0.3 is 0 Å². The fourth-order valence-corrected chi connectivity index (χ4v) is 2.20. The van der Waals surface area contributed by atoms with Gasteiger partial charge in [-0.3, -0.25) is 9.54 Å². The Morgan fingerprint density at radius 1 is 1.28 bits per heavy atom. The second-order valence-corrected chi connectivity index (χ2v) is 7.47. The lowest BCUT2D eigenvalue weighted by atomic mass is 10.2. The lowest BCUT2D eigenvalue weighted by Gasteiger charge is -2.08. The number of hydrogen-bond donors (Lipinski definition) is 2. The zero-order chi connectivity index (χ0) is 17.9. The molecule has 10 heteroatoms. The lowest BCUT2D eigenvalue weighted by Crippen LogP contribution is -2.04. The van der Waals surface area contributed by atoms with Crippen LogP contribution in [0.5, 0.6) is 0 Å². The molecule has 0 saturated heterocycles. The van der Waals surface area contributed by atoms with Crippen LogP contribution in [-0.4, -0.2) is 43.7 Å². The van der Waals surface area contributed by atoms with E-state index in [1.54, 1.807) is 6.20 Å². The molecule has 0 fully saturated rings. The van der Waals surface area contributed by atoms with Crippen LogP contribution >= 0.6 is 0 Å². The summed E-state index contributed by atoms with van der Waals surface area (Å²) in [4.78, 5) is 13.1. The number of aromatic nitrogens is 4. The number of imidazole rings is 1. The van der Waals surface area contributed by atoms with E-state index < -0.39 is 10.1 Å². The molecule has 3 rings (SSSR count). The van der Waals surface area contributed by atoms with E-state index in [2.05, 4.69) is 33.4 Å². The summed E-state index contributed by atoms with van der Waals surface area (Å²) in [5.74, 6) is 0.802. The maximum atomic E-state index is 9.56. The van der Waals surface area contributed by atoms with E-state index in [0.717, 1.165) is 28.6 Å². The van der Waals surface area contributed by atoms with E-state index in [0.29, 0.717) is 11.7 Å². The van der Waals surface area contributed by atoms with Gasteiger partial charge in [0, 0.05) is 12.7 Å². The molecule has 0 aromatic carbocycles. The molecule has 0 amide bonds. The molecule has 25 heavy (non-hydrogen) atoms. The Morgan fingerprint density at radius 3 is 2.48 bits per heavy atom. The number of nitrogen functional groups attached to an aromatic ring is 1. The quantitative estimate of drug-likeness (QED) is 0.659. The van der Waals surface area contributed by atoms with Crippen molar-refractivity contribution in [3.8, 4) is 0 Å². The molecule has 0 bridgehead atoms. The Kier molecular flexibility index (Phi) is 6.79. The smallest absolute Gasteiger partial charge is 0.264 e. The molecular formula is C15H23N5O4S. The van der Waals surface area contributed by atoms with Gasteiger partial charge in [0.25, 0.3) is 10.1 Å². The van der Waals surface area contributed by atoms with Crippen LogP contribution in [0.1, 0.15) is 20.8 Å². The summed E-state index contributed by atoms with van der Waals surface area (Å²) in [5.41, 5.74) is 9.34. The molecular weight excluding hydrogens is 346 g/mol. The van der Waals surface area contributed by atoms with Gasteiger partial charge in [0.15, 0.2) is 5.82 Å². The van der Waals surface area contributed by atoms with E-state index in [1.807, 2.05) is 18.5 Å². The van der Waals surface area contributed by atoms with E-state index in [4.69, 9.17) is 10.3 Å². The van der Waals surface area contributed by atoms with E-state index in [-0.39, 0.29) is 11.2 Å². The highest BCUT2D eigenvalue weighted by Gasteiger charge is 2.13. The molecule has 0 radical (unpaired) electrons. The van der Waals surface area contributed by atoms with Crippen LogP contribution < -0.4 is 5.73 Å². The summed E-state index contributed by atoms with van der Waals surface area (Å²) in [6.45, 7) is 6.61. The van der Waals surface area contributed by atoms with E-state index in [1.165, 1.54) is 6.92 Å². The molecule has 138 valence electrons. The highest BCUT2D eigenvalue weighted by atomic mass is 32.2. The lowest BCUT2D eigenvalue weighted by molar-refractivity contribution is 0.484. The second-order valence-electron chi connectivity index (χ2n) is 5.73. The fourth-order valence-electron chi connectivity index (χ4n) is 2.20. The van der Waals surface area contributed by atoms with Crippen LogP contribution in [0.2, 0.25) is 0 Å². The zero-order valence-electron chi connectivity index (χ0n) is 14.3. The molecule has 0 atom stereocenters. The first-order chi connectivity index (χ1) is 11.2. The Balaban J connectivity index is 0.000000390. The zero-order valence-corrected chi connectivity index (χ0v) is 15.2. The molecule has 0 spiro atoms. The Labute approximate surface area is 146 Å². The summed E-state index contributed by atoms with van der Waals surface area (Å²) in [6, 6.07) is 3.79. The molecule has 3 aromatic rings. The van der Waals surface area contributed by atoms with Crippen molar-refractivity contribution in [2.45, 2.75) is 27.3 Å². The maximum Gasteiger partial charge on any atom is 0.264 e. The number of pyridine rings is 2. The molecule has 0 aliphatic carbocycles. The van der Waals surface area contributed by atoms with Crippen molar-refractivity contribution in [2.75, 3.05) is 11.5 Å². The monoisotopic (exact) mass is 369 g/mol. The molecule has 0 unspecified atom stereocenters. The number of nitrogens with zero attached hydrogens (tertiary/aromatic N) is 4. The first-order valence-electron chi connectivity index (χ1n) is 7.53. The minimum atomic E-state index is -3.66. The average molecular weight is 369 g/mol. The first-order valence-corrected chi connectivity index (χ1v) is 9.14. The third kappa shape index (κ3) is 5.08. The third-order valence-corrected chi connectivity index (χ3v) is 3.99. The van der Waals surface area contributed by atoms with E-state index >= 15 is 0 Å². The predicted octanol–water partition coefficient (Wildman–Crippen LogP) is 1.29. The average Bonchev–Trinajstić information content (AvgIpc) is 2.91. The van der Waals surface area contributed by atoms with Crippen LogP contribution in [-0.2, 0) is 16.7 Å². The number of hydrogen-bond acceptors (Lipinski definition) is 6. The number of nitrogens with two attached hydrogens (primary N) is 1. The van der Waals surface area contributed by atoms with Gasteiger partial charge in [0.1, 0.15) is 16.6 Å². The SMILES string of the molecule is CC(C)Cn1cnc2c(N)nc3cccnc3c21.CCS(=O)(=O)O.O. The molecule has 0 saturated carbocycles. The second kappa shape index (κ2) is 8.19. The van der Waals surface area contributed by atoms with Crippen LogP contribution in [0.4, 0.5) is 5.82 Å². The summed E-state index contributed by atoms with van der Waals surface area (Å²) in [7, 11) is -3.66. The van der Waals surface area contributed by atoms with Crippen molar-refractivity contribution < 1.29 is 18.4 Å². The van der Waals surface area contributed by atoms with Crippen LogP contribution in [0.15, 0.2) is 24.7 Å². The van der Waals surface area contributed by atoms with Crippen molar-refractivity contribution in [1.29, 1.82) is 0 Å². The number of fused-ring (bicyclic) bond motifs is 3. The van der Waals surface area contributed by atoms with Crippen LogP contribution in [0.25, 0.3) is 22.1 Å². The van der Waals surface area contributed by atoms with Crippen molar-refractivity contribution in [2.24, 2.45) is 5.92 Å². The maximum absolute atomic E-state index is 9.56. The van der Waals surface area contributed by atoms with E-state index in [9.17, 15) is 8.42 Å². The van der Waals surface area contributed by atoms with Crippen molar-refractivity contribution >= 4 is 38.0 Å². The minimum absolute atomic E-state index is 0. The van der Waals surface area contributed by atoms with Crippen molar-refractivity contribution in [1.82, 2.24) is 19.5 Å². The van der Waals surface area contributed by atoms with Gasteiger partial charge in [-0.05, 0) is 25.0 Å². The van der Waals surface area contributed by atoms with Crippen LogP contribution in [0, 0.1) is 5.92 Å². The Morgan fingerprint density at radius 2 is 1.92 bits per heavy atom. The fraction of sp³-hybridized carbons (Fsp3) is 0.400. The largest absolute Gasteiger partial charge is 0.412 e. The predicted molar refractivity (Wildman–Crippen MR) is 97.8 cm³/mol. The number of anilines is 1. The molecule has 0 aliphatic rings. The summed E-state index contributed by atoms with van der Waals surface area (Å²) >= 11 is 0.